The van der Waals surface area contributed by atoms with Crippen LogP contribution < -0.4 is 14.8 Å². The van der Waals surface area contributed by atoms with Gasteiger partial charge in [0.05, 0.1) is 19.5 Å². The second kappa shape index (κ2) is 8.43. The van der Waals surface area contributed by atoms with E-state index in [0.717, 1.165) is 10.5 Å². The van der Waals surface area contributed by atoms with E-state index < -0.39 is 0 Å². The minimum Gasteiger partial charge on any atom is -0.493 e. The van der Waals surface area contributed by atoms with Gasteiger partial charge in [-0.25, -0.2) is 0 Å². The van der Waals surface area contributed by atoms with Crippen LogP contribution in [-0.4, -0.2) is 30.4 Å². The SMILES string of the molecule is COc1ccc(S[C@@H](C)C(=O)NCc2ccncc2)cc1OC. The van der Waals surface area contributed by atoms with E-state index in [2.05, 4.69) is 10.3 Å². The fourth-order valence-corrected chi connectivity index (χ4v) is 2.90. The fourth-order valence-electron chi connectivity index (χ4n) is 1.98. The summed E-state index contributed by atoms with van der Waals surface area (Å²) in [6.07, 6.45) is 3.42. The topological polar surface area (TPSA) is 60.5 Å². The molecule has 2 aromatic rings. The molecule has 23 heavy (non-hydrogen) atoms. The van der Waals surface area contributed by atoms with Crippen LogP contribution in [0, 0.1) is 0 Å². The third-order valence-corrected chi connectivity index (χ3v) is 4.35. The van der Waals surface area contributed by atoms with Gasteiger partial charge in [-0.05, 0) is 42.8 Å². The Labute approximate surface area is 140 Å². The molecular formula is C17H20N2O3S. The third-order valence-electron chi connectivity index (χ3n) is 3.25. The van der Waals surface area contributed by atoms with Crippen molar-refractivity contribution in [3.05, 3.63) is 48.3 Å². The second-order valence-corrected chi connectivity index (χ2v) is 6.26. The molecule has 1 amide bonds. The number of carbonyl (C=O) groups is 1. The van der Waals surface area contributed by atoms with Crippen molar-refractivity contribution < 1.29 is 14.3 Å². The van der Waals surface area contributed by atoms with Gasteiger partial charge in [0.1, 0.15) is 0 Å². The van der Waals surface area contributed by atoms with Crippen LogP contribution in [0.3, 0.4) is 0 Å². The van der Waals surface area contributed by atoms with E-state index in [9.17, 15) is 4.79 Å². The summed E-state index contributed by atoms with van der Waals surface area (Å²) in [5.74, 6) is 1.31. The molecule has 0 unspecified atom stereocenters. The molecule has 0 radical (unpaired) electrons. The zero-order valence-electron chi connectivity index (χ0n) is 13.4. The van der Waals surface area contributed by atoms with Gasteiger partial charge >= 0.3 is 0 Å². The summed E-state index contributed by atoms with van der Waals surface area (Å²) < 4.78 is 10.5. The van der Waals surface area contributed by atoms with Gasteiger partial charge in [0.15, 0.2) is 11.5 Å². The van der Waals surface area contributed by atoms with Crippen LogP contribution >= 0.6 is 11.8 Å². The smallest absolute Gasteiger partial charge is 0.233 e. The summed E-state index contributed by atoms with van der Waals surface area (Å²) in [5, 5.41) is 2.71. The molecule has 0 saturated carbocycles. The van der Waals surface area contributed by atoms with E-state index in [1.54, 1.807) is 26.6 Å². The number of amides is 1. The third kappa shape index (κ3) is 4.89. The zero-order valence-corrected chi connectivity index (χ0v) is 14.2. The number of hydrogen-bond acceptors (Lipinski definition) is 5. The Balaban J connectivity index is 1.93. The predicted octanol–water partition coefficient (Wildman–Crippen LogP) is 2.90. The van der Waals surface area contributed by atoms with Gasteiger partial charge in [-0.3, -0.25) is 9.78 Å². The number of rotatable bonds is 7. The first-order valence-corrected chi connectivity index (χ1v) is 8.07. The van der Waals surface area contributed by atoms with Gasteiger partial charge in [-0.15, -0.1) is 11.8 Å². The molecule has 1 atom stereocenters. The molecule has 0 aliphatic heterocycles. The monoisotopic (exact) mass is 332 g/mol. The number of nitrogens with one attached hydrogen (secondary N) is 1. The lowest BCUT2D eigenvalue weighted by molar-refractivity contribution is -0.120. The van der Waals surface area contributed by atoms with Crippen LogP contribution in [0.1, 0.15) is 12.5 Å². The number of aromatic nitrogens is 1. The molecule has 1 aromatic carbocycles. The molecular weight excluding hydrogens is 312 g/mol. The van der Waals surface area contributed by atoms with E-state index >= 15 is 0 Å². The summed E-state index contributed by atoms with van der Waals surface area (Å²) in [6, 6.07) is 9.39. The Morgan fingerprint density at radius 1 is 1.17 bits per heavy atom. The maximum Gasteiger partial charge on any atom is 0.233 e. The van der Waals surface area contributed by atoms with E-state index in [0.29, 0.717) is 18.0 Å². The minimum atomic E-state index is -0.213. The van der Waals surface area contributed by atoms with Crippen LogP contribution in [0.25, 0.3) is 0 Å². The van der Waals surface area contributed by atoms with Crippen LogP contribution in [0.15, 0.2) is 47.6 Å². The average Bonchev–Trinajstić information content (AvgIpc) is 2.60. The molecule has 0 saturated heterocycles. The van der Waals surface area contributed by atoms with Crippen molar-refractivity contribution >= 4 is 17.7 Å². The summed E-state index contributed by atoms with van der Waals surface area (Å²) in [7, 11) is 3.19. The lowest BCUT2D eigenvalue weighted by atomic mass is 10.2. The first kappa shape index (κ1) is 17.1. The highest BCUT2D eigenvalue weighted by atomic mass is 32.2. The standard InChI is InChI=1S/C17H20N2O3S/c1-12(17(20)19-11-13-6-8-18-9-7-13)23-14-4-5-15(21-2)16(10-14)22-3/h4-10,12H,11H2,1-3H3,(H,19,20)/t12-/m0/s1. The Hall–Kier alpha value is -2.21. The van der Waals surface area contributed by atoms with E-state index in [4.69, 9.17) is 9.47 Å². The van der Waals surface area contributed by atoms with Crippen LogP contribution in [0.5, 0.6) is 11.5 Å². The second-order valence-electron chi connectivity index (χ2n) is 4.85. The molecule has 1 heterocycles. The Morgan fingerprint density at radius 2 is 1.87 bits per heavy atom. The van der Waals surface area contributed by atoms with E-state index in [-0.39, 0.29) is 11.2 Å². The summed E-state index contributed by atoms with van der Waals surface area (Å²) in [5.41, 5.74) is 1.02. The van der Waals surface area contributed by atoms with Crippen molar-refractivity contribution in [2.24, 2.45) is 0 Å². The molecule has 6 heteroatoms. The molecule has 0 spiro atoms. The van der Waals surface area contributed by atoms with Crippen LogP contribution in [-0.2, 0) is 11.3 Å². The first-order chi connectivity index (χ1) is 11.1. The van der Waals surface area contributed by atoms with Crippen molar-refractivity contribution in [1.29, 1.82) is 0 Å². The van der Waals surface area contributed by atoms with Gasteiger partial charge in [-0.1, -0.05) is 0 Å². The Bertz CT molecular complexity index is 650. The number of carbonyl (C=O) groups excluding carboxylic acids is 1. The number of pyridine rings is 1. The number of ether oxygens (including phenoxy) is 2. The maximum atomic E-state index is 12.2. The van der Waals surface area contributed by atoms with Gasteiger partial charge < -0.3 is 14.8 Å². The lowest BCUT2D eigenvalue weighted by Gasteiger charge is -2.14. The number of nitrogens with zero attached hydrogens (tertiary/aromatic N) is 1. The molecule has 1 aromatic heterocycles. The molecule has 0 aliphatic rings. The molecule has 0 aliphatic carbocycles. The van der Waals surface area contributed by atoms with Gasteiger partial charge in [0, 0.05) is 23.8 Å². The zero-order chi connectivity index (χ0) is 16.7. The first-order valence-electron chi connectivity index (χ1n) is 7.19. The predicted molar refractivity (Wildman–Crippen MR) is 90.9 cm³/mol. The average molecular weight is 332 g/mol. The normalized spacial score (nSPS) is 11.6. The van der Waals surface area contributed by atoms with Gasteiger partial charge in [-0.2, -0.15) is 0 Å². The number of methoxy groups -OCH3 is 2. The molecule has 1 N–H and O–H groups in total. The van der Waals surface area contributed by atoms with E-state index in [1.807, 2.05) is 37.3 Å². The molecule has 0 bridgehead atoms. The fraction of sp³-hybridized carbons (Fsp3) is 0.294. The van der Waals surface area contributed by atoms with Crippen molar-refractivity contribution in [2.75, 3.05) is 14.2 Å². The number of benzene rings is 1. The Morgan fingerprint density at radius 3 is 2.52 bits per heavy atom. The molecule has 2 rings (SSSR count). The number of thioether (sulfide) groups is 1. The number of hydrogen-bond donors (Lipinski definition) is 1. The minimum absolute atomic E-state index is 0.0124. The summed E-state index contributed by atoms with van der Waals surface area (Å²) >= 11 is 1.48. The van der Waals surface area contributed by atoms with Crippen molar-refractivity contribution in [3.8, 4) is 11.5 Å². The van der Waals surface area contributed by atoms with Gasteiger partial charge in [0.2, 0.25) is 5.91 Å². The summed E-state index contributed by atoms with van der Waals surface area (Å²) in [6.45, 7) is 2.38. The highest BCUT2D eigenvalue weighted by Crippen LogP contribution is 2.33. The van der Waals surface area contributed by atoms with Crippen molar-refractivity contribution in [2.45, 2.75) is 23.6 Å². The van der Waals surface area contributed by atoms with Crippen molar-refractivity contribution in [3.63, 3.8) is 0 Å². The highest BCUT2D eigenvalue weighted by molar-refractivity contribution is 8.00. The van der Waals surface area contributed by atoms with Crippen LogP contribution in [0.2, 0.25) is 0 Å². The van der Waals surface area contributed by atoms with Crippen LogP contribution in [0.4, 0.5) is 0 Å². The lowest BCUT2D eigenvalue weighted by Crippen LogP contribution is -2.30. The van der Waals surface area contributed by atoms with Gasteiger partial charge in [0.25, 0.3) is 0 Å². The van der Waals surface area contributed by atoms with Crippen molar-refractivity contribution in [1.82, 2.24) is 10.3 Å². The Kier molecular flexibility index (Phi) is 6.29. The molecule has 0 fully saturated rings. The molecule has 5 nitrogen and oxygen atoms in total. The molecule has 122 valence electrons. The highest BCUT2D eigenvalue weighted by Gasteiger charge is 2.15. The quantitative estimate of drug-likeness (QED) is 0.790. The summed E-state index contributed by atoms with van der Waals surface area (Å²) in [4.78, 5) is 17.1. The maximum absolute atomic E-state index is 12.2. The van der Waals surface area contributed by atoms with E-state index in [1.165, 1.54) is 11.8 Å². The largest absolute Gasteiger partial charge is 0.493 e.